The molecule has 0 bridgehead atoms. The molecule has 0 saturated heterocycles. The van der Waals surface area contributed by atoms with Crippen molar-refractivity contribution in [1.29, 1.82) is 0 Å². The van der Waals surface area contributed by atoms with E-state index in [4.69, 9.17) is 18.9 Å². The predicted octanol–water partition coefficient (Wildman–Crippen LogP) is 4.14. The summed E-state index contributed by atoms with van der Waals surface area (Å²) in [6.45, 7) is 12.8. The van der Waals surface area contributed by atoms with E-state index < -0.39 is 47.8 Å². The van der Waals surface area contributed by atoms with Gasteiger partial charge in [0.2, 0.25) is 12.3 Å². The van der Waals surface area contributed by atoms with Crippen LogP contribution in [0.2, 0.25) is 0 Å². The fourth-order valence-electron chi connectivity index (χ4n) is 6.85. The quantitative estimate of drug-likeness (QED) is 0.0187. The summed E-state index contributed by atoms with van der Waals surface area (Å²) in [4.78, 5) is 132. The van der Waals surface area contributed by atoms with Gasteiger partial charge in [-0.1, -0.05) is 44.8 Å². The van der Waals surface area contributed by atoms with Gasteiger partial charge in [0.15, 0.2) is 5.78 Å². The zero-order valence-corrected chi connectivity index (χ0v) is 39.4. The van der Waals surface area contributed by atoms with Crippen LogP contribution in [0.1, 0.15) is 118 Å². The van der Waals surface area contributed by atoms with Crippen molar-refractivity contribution in [2.75, 3.05) is 32.7 Å². The number of rotatable bonds is 30. The summed E-state index contributed by atoms with van der Waals surface area (Å²) in [6.07, 6.45) is 16.9. The van der Waals surface area contributed by atoms with Gasteiger partial charge >= 0.3 is 17.9 Å². The maximum absolute atomic E-state index is 11.9. The zero-order valence-electron chi connectivity index (χ0n) is 39.4. The summed E-state index contributed by atoms with van der Waals surface area (Å²) in [5, 5.41) is 0. The number of ketones is 1. The van der Waals surface area contributed by atoms with Crippen LogP contribution in [0, 0.1) is 0 Å². The second-order valence-electron chi connectivity index (χ2n) is 16.4. The number of unbranched alkanes of at least 4 members (excludes halogenated alkanes) is 7. The Hall–Kier alpha value is -6.53. The molecule has 67 heavy (non-hydrogen) atoms. The standard InChI is InChI=1S/C24H34N2O8.C24H32N2O7/c1-4-10-20(28)25(17-27)15-18(2)33-23(31)11-8-6-5-7-9-12-24(32)34-19(3)16-26-21(29)13-14-22(26)30;1-17(32-18(2)14-25-16-20(27)10-11-21(25)28)8-6-4-5-7-9-24(31)33-19(3)15-26-22(29)12-13-23(26)30/h4,10,13-14,17-19H,5-9,11-12,15-16H2,1-3H3;10-13,18-19H,1,4-9,14-16H2,2-3H3/b10-4-;. The molecule has 3 heterocycles. The lowest BCUT2D eigenvalue weighted by atomic mass is 10.1. The lowest BCUT2D eigenvalue weighted by molar-refractivity contribution is -0.152. The molecule has 0 aromatic rings. The molecular weight excluding hydrogens is 873 g/mol. The number of carbonyl (C=O) groups is 11. The van der Waals surface area contributed by atoms with Gasteiger partial charge in [-0.15, -0.1) is 0 Å². The molecule has 368 valence electrons. The van der Waals surface area contributed by atoms with Crippen molar-refractivity contribution in [2.45, 2.75) is 143 Å². The largest absolute Gasteiger partial charge is 0.494 e. The average Bonchev–Trinajstić information content (AvgIpc) is 3.75. The summed E-state index contributed by atoms with van der Waals surface area (Å²) >= 11 is 0. The number of hydrogen-bond acceptors (Lipinski definition) is 15. The Labute approximate surface area is 392 Å². The minimum absolute atomic E-state index is 0.00529. The number of ether oxygens (including phenoxy) is 4. The number of nitrogens with zero attached hydrogens (tertiary/aromatic N) is 4. The fourth-order valence-corrected chi connectivity index (χ4v) is 6.85. The molecule has 0 spiro atoms. The van der Waals surface area contributed by atoms with Crippen LogP contribution in [0.4, 0.5) is 0 Å². The Balaban J connectivity index is 0.000000460. The van der Waals surface area contributed by atoms with Gasteiger partial charge in [-0.05, 0) is 72.5 Å². The van der Waals surface area contributed by atoms with Crippen LogP contribution in [0.3, 0.4) is 0 Å². The molecule has 3 aliphatic heterocycles. The molecule has 19 nitrogen and oxygen atoms in total. The van der Waals surface area contributed by atoms with Gasteiger partial charge < -0.3 is 23.8 Å². The van der Waals surface area contributed by atoms with Crippen molar-refractivity contribution in [3.63, 3.8) is 0 Å². The van der Waals surface area contributed by atoms with E-state index in [0.717, 1.165) is 53.2 Å². The van der Waals surface area contributed by atoms with Crippen LogP contribution < -0.4 is 0 Å². The van der Waals surface area contributed by atoms with Gasteiger partial charge in [-0.2, -0.15) is 0 Å². The van der Waals surface area contributed by atoms with E-state index in [9.17, 15) is 52.7 Å². The van der Waals surface area contributed by atoms with E-state index in [1.807, 2.05) is 6.92 Å². The van der Waals surface area contributed by atoms with Crippen molar-refractivity contribution in [3.05, 3.63) is 60.9 Å². The minimum Gasteiger partial charge on any atom is -0.494 e. The number of allylic oxidation sites excluding steroid dienone is 2. The maximum Gasteiger partial charge on any atom is 0.306 e. The molecule has 3 aliphatic rings. The zero-order chi connectivity index (χ0) is 49.9. The smallest absolute Gasteiger partial charge is 0.306 e. The molecule has 0 saturated carbocycles. The highest BCUT2D eigenvalue weighted by Crippen LogP contribution is 2.16. The Morgan fingerprint density at radius 3 is 1.39 bits per heavy atom. The Kier molecular flexibility index (Phi) is 25.9. The highest BCUT2D eigenvalue weighted by Gasteiger charge is 2.28. The molecule has 4 atom stereocenters. The van der Waals surface area contributed by atoms with Gasteiger partial charge in [0.05, 0.1) is 38.5 Å². The van der Waals surface area contributed by atoms with E-state index >= 15 is 0 Å². The maximum atomic E-state index is 11.9. The summed E-state index contributed by atoms with van der Waals surface area (Å²) < 4.78 is 21.5. The number of esters is 3. The second kappa shape index (κ2) is 30.6. The normalized spacial score (nSPS) is 16.2. The van der Waals surface area contributed by atoms with Gasteiger partial charge in [-0.25, -0.2) is 0 Å². The lowest BCUT2D eigenvalue weighted by Gasteiger charge is -2.26. The number of hydrogen-bond donors (Lipinski definition) is 0. The van der Waals surface area contributed by atoms with Gasteiger partial charge in [0.25, 0.3) is 29.5 Å². The van der Waals surface area contributed by atoms with Crippen LogP contribution in [0.25, 0.3) is 0 Å². The molecule has 0 radical (unpaired) electrons. The van der Waals surface area contributed by atoms with E-state index in [1.165, 1.54) is 53.5 Å². The molecular formula is C48H66N4O15. The third-order valence-corrected chi connectivity index (χ3v) is 10.1. The highest BCUT2D eigenvalue weighted by atomic mass is 16.6. The first-order valence-electron chi connectivity index (χ1n) is 22.7. The van der Waals surface area contributed by atoms with Crippen LogP contribution in [0.5, 0.6) is 0 Å². The topological polar surface area (TPSA) is 238 Å². The molecule has 0 aromatic carbocycles. The van der Waals surface area contributed by atoms with Crippen molar-refractivity contribution in [1.82, 2.24) is 19.6 Å². The third kappa shape index (κ3) is 23.0. The Morgan fingerprint density at radius 2 is 0.955 bits per heavy atom. The van der Waals surface area contributed by atoms with Crippen molar-refractivity contribution in [3.8, 4) is 0 Å². The Bertz CT molecular complexity index is 1880. The first kappa shape index (κ1) is 56.6. The molecule has 3 rings (SSSR count). The van der Waals surface area contributed by atoms with Crippen molar-refractivity contribution >= 4 is 65.5 Å². The molecule has 4 unspecified atom stereocenters. The van der Waals surface area contributed by atoms with Crippen molar-refractivity contribution < 1.29 is 71.7 Å². The summed E-state index contributed by atoms with van der Waals surface area (Å²) in [6, 6.07) is 0. The van der Waals surface area contributed by atoms with Crippen LogP contribution in [-0.4, -0.2) is 142 Å². The molecule has 0 N–H and O–H groups in total. The molecule has 7 amide bonds. The van der Waals surface area contributed by atoms with E-state index in [-0.39, 0.29) is 81.1 Å². The lowest BCUT2D eigenvalue weighted by Crippen LogP contribution is -2.41. The third-order valence-electron chi connectivity index (χ3n) is 10.1. The van der Waals surface area contributed by atoms with Crippen molar-refractivity contribution in [2.24, 2.45) is 0 Å². The summed E-state index contributed by atoms with van der Waals surface area (Å²) in [5.41, 5.74) is 0. The predicted molar refractivity (Wildman–Crippen MR) is 241 cm³/mol. The minimum atomic E-state index is -0.599. The van der Waals surface area contributed by atoms with Gasteiger partial charge in [0, 0.05) is 56.1 Å². The first-order valence-corrected chi connectivity index (χ1v) is 22.7. The monoisotopic (exact) mass is 938 g/mol. The van der Waals surface area contributed by atoms with E-state index in [2.05, 4.69) is 6.58 Å². The molecule has 0 aromatic heterocycles. The van der Waals surface area contributed by atoms with Crippen LogP contribution >= 0.6 is 0 Å². The van der Waals surface area contributed by atoms with Crippen LogP contribution in [0.15, 0.2) is 60.9 Å². The van der Waals surface area contributed by atoms with Crippen LogP contribution in [-0.2, 0) is 71.7 Å². The Morgan fingerprint density at radius 1 is 0.567 bits per heavy atom. The average molecular weight is 939 g/mol. The molecule has 0 fully saturated rings. The van der Waals surface area contributed by atoms with Gasteiger partial charge in [0.1, 0.15) is 24.4 Å². The second-order valence-corrected chi connectivity index (χ2v) is 16.4. The first-order chi connectivity index (χ1) is 31.8. The number of carbonyl (C=O) groups excluding carboxylic acids is 11. The number of amides is 7. The van der Waals surface area contributed by atoms with Gasteiger partial charge in [-0.3, -0.25) is 67.4 Å². The summed E-state index contributed by atoms with van der Waals surface area (Å²) in [7, 11) is 0. The SMILES string of the molecule is C/C=C\C(=O)N(C=O)CC(C)OC(=O)CCCCCCCC(=O)OC(C)CN1C(=O)C=CC1=O.C=C(CCCCCCC(=O)OC(C)CN1C(=O)C=CC1=O)OC(C)CN1CC(=O)C=CC1=O. The molecule has 19 heteroatoms. The molecule has 0 aliphatic carbocycles. The fraction of sp³-hybridized carbons (Fsp3) is 0.562. The summed E-state index contributed by atoms with van der Waals surface area (Å²) in [5.74, 6) is -2.86. The highest BCUT2D eigenvalue weighted by molar-refractivity contribution is 6.13. The van der Waals surface area contributed by atoms with E-state index in [0.29, 0.717) is 44.4 Å². The van der Waals surface area contributed by atoms with E-state index in [1.54, 1.807) is 27.7 Å². The number of imide groups is 3.